The van der Waals surface area contributed by atoms with E-state index in [2.05, 4.69) is 0 Å². The van der Waals surface area contributed by atoms with Crippen molar-refractivity contribution in [3.63, 3.8) is 0 Å². The summed E-state index contributed by atoms with van der Waals surface area (Å²) in [6, 6.07) is 3.84. The molecule has 0 radical (unpaired) electrons. The normalized spacial score (nSPS) is 20.4. The summed E-state index contributed by atoms with van der Waals surface area (Å²) < 4.78 is 18.4. The summed E-state index contributed by atoms with van der Waals surface area (Å²) in [5.74, 6) is -0.275. The molecule has 1 saturated heterocycles. The molecule has 19 heavy (non-hydrogen) atoms. The number of benzene rings is 1. The number of halogens is 2. The first-order chi connectivity index (χ1) is 8.97. The van der Waals surface area contributed by atoms with Crippen LogP contribution in [0.3, 0.4) is 0 Å². The molecule has 0 bridgehead atoms. The Morgan fingerprint density at radius 2 is 2.37 bits per heavy atom. The van der Waals surface area contributed by atoms with E-state index in [-0.39, 0.29) is 17.0 Å². The largest absolute Gasteiger partial charge is 0.479 e. The van der Waals surface area contributed by atoms with Crippen LogP contribution >= 0.6 is 11.6 Å². The van der Waals surface area contributed by atoms with Gasteiger partial charge in [-0.3, -0.25) is 4.79 Å². The zero-order valence-corrected chi connectivity index (χ0v) is 11.4. The molecule has 2 unspecified atom stereocenters. The van der Waals surface area contributed by atoms with Gasteiger partial charge in [-0.1, -0.05) is 11.6 Å². The van der Waals surface area contributed by atoms with Crippen molar-refractivity contribution >= 4 is 17.5 Å². The van der Waals surface area contributed by atoms with E-state index in [9.17, 15) is 9.18 Å². The van der Waals surface area contributed by atoms with Crippen LogP contribution in [0.4, 0.5) is 4.39 Å². The fourth-order valence-corrected chi connectivity index (χ4v) is 2.27. The standard InChI is InChI=1S/C13H16ClFN2O2/c1-8(13(18)17-5-4-10(16)7-17)19-12-3-2-9(15)6-11(12)14/h2-3,6,8,10H,4-5,7,16H2,1H3. The van der Waals surface area contributed by atoms with Crippen LogP contribution in [0, 0.1) is 5.82 Å². The average molecular weight is 287 g/mol. The molecule has 4 nitrogen and oxygen atoms in total. The van der Waals surface area contributed by atoms with E-state index in [1.165, 1.54) is 12.1 Å². The van der Waals surface area contributed by atoms with Crippen LogP contribution in [0.5, 0.6) is 5.75 Å². The molecule has 0 spiro atoms. The minimum atomic E-state index is -0.673. The molecular weight excluding hydrogens is 271 g/mol. The van der Waals surface area contributed by atoms with Crippen LogP contribution in [0.25, 0.3) is 0 Å². The van der Waals surface area contributed by atoms with Gasteiger partial charge in [0, 0.05) is 19.1 Å². The Labute approximate surface area is 116 Å². The molecule has 2 N–H and O–H groups in total. The van der Waals surface area contributed by atoms with Gasteiger partial charge in [0.25, 0.3) is 5.91 Å². The van der Waals surface area contributed by atoms with Gasteiger partial charge in [-0.05, 0) is 31.5 Å². The molecule has 6 heteroatoms. The number of nitrogens with zero attached hydrogens (tertiary/aromatic N) is 1. The Morgan fingerprint density at radius 3 is 2.95 bits per heavy atom. The van der Waals surface area contributed by atoms with Crippen LogP contribution in [0.1, 0.15) is 13.3 Å². The van der Waals surface area contributed by atoms with Crippen molar-refractivity contribution in [3.05, 3.63) is 29.0 Å². The van der Waals surface area contributed by atoms with Gasteiger partial charge < -0.3 is 15.4 Å². The summed E-state index contributed by atoms with van der Waals surface area (Å²) in [5, 5.41) is 0.151. The maximum absolute atomic E-state index is 12.9. The van der Waals surface area contributed by atoms with Gasteiger partial charge in [0.05, 0.1) is 5.02 Å². The molecule has 1 amide bonds. The molecular formula is C13H16ClFN2O2. The summed E-state index contributed by atoms with van der Waals surface area (Å²) in [6.45, 7) is 2.83. The summed E-state index contributed by atoms with van der Waals surface area (Å²) in [7, 11) is 0. The quantitative estimate of drug-likeness (QED) is 0.922. The molecule has 1 fully saturated rings. The first-order valence-corrected chi connectivity index (χ1v) is 6.51. The van der Waals surface area contributed by atoms with Crippen molar-refractivity contribution in [1.82, 2.24) is 4.90 Å². The van der Waals surface area contributed by atoms with Crippen molar-refractivity contribution in [3.8, 4) is 5.75 Å². The fourth-order valence-electron chi connectivity index (χ4n) is 2.06. The highest BCUT2D eigenvalue weighted by Gasteiger charge is 2.28. The van der Waals surface area contributed by atoms with Crippen LogP contribution in [0.15, 0.2) is 18.2 Å². The van der Waals surface area contributed by atoms with Crippen LogP contribution in [0.2, 0.25) is 5.02 Å². The number of likely N-dealkylation sites (tertiary alicyclic amines) is 1. The van der Waals surface area contributed by atoms with E-state index >= 15 is 0 Å². The zero-order chi connectivity index (χ0) is 14.0. The number of hydrogen-bond acceptors (Lipinski definition) is 3. The highest BCUT2D eigenvalue weighted by molar-refractivity contribution is 6.32. The van der Waals surface area contributed by atoms with Crippen molar-refractivity contribution in [2.45, 2.75) is 25.5 Å². The summed E-state index contributed by atoms with van der Waals surface area (Å²) >= 11 is 5.85. The predicted molar refractivity (Wildman–Crippen MR) is 70.7 cm³/mol. The van der Waals surface area contributed by atoms with Gasteiger partial charge in [-0.15, -0.1) is 0 Å². The van der Waals surface area contributed by atoms with Crippen LogP contribution in [-0.2, 0) is 4.79 Å². The maximum atomic E-state index is 12.9. The molecule has 2 atom stereocenters. The lowest BCUT2D eigenvalue weighted by atomic mass is 10.3. The first kappa shape index (κ1) is 14.1. The zero-order valence-electron chi connectivity index (χ0n) is 10.6. The fraction of sp³-hybridized carbons (Fsp3) is 0.462. The second-order valence-electron chi connectivity index (χ2n) is 4.67. The molecule has 1 aliphatic rings. The number of amides is 1. The van der Waals surface area contributed by atoms with E-state index in [1.807, 2.05) is 0 Å². The number of rotatable bonds is 3. The lowest BCUT2D eigenvalue weighted by Gasteiger charge is -2.21. The van der Waals surface area contributed by atoms with Gasteiger partial charge in [0.15, 0.2) is 6.10 Å². The Morgan fingerprint density at radius 1 is 1.63 bits per heavy atom. The number of ether oxygens (including phenoxy) is 1. The topological polar surface area (TPSA) is 55.6 Å². The van der Waals surface area contributed by atoms with Gasteiger partial charge >= 0.3 is 0 Å². The minimum Gasteiger partial charge on any atom is -0.479 e. The lowest BCUT2D eigenvalue weighted by Crippen LogP contribution is -2.40. The monoisotopic (exact) mass is 286 g/mol. The van der Waals surface area contributed by atoms with Crippen LogP contribution in [-0.4, -0.2) is 36.0 Å². The molecule has 0 saturated carbocycles. The second kappa shape index (κ2) is 5.75. The van der Waals surface area contributed by atoms with Crippen LogP contribution < -0.4 is 10.5 Å². The third-order valence-electron chi connectivity index (χ3n) is 3.08. The van der Waals surface area contributed by atoms with Gasteiger partial charge in [0.2, 0.25) is 0 Å². The van der Waals surface area contributed by atoms with Gasteiger partial charge in [-0.2, -0.15) is 0 Å². The number of nitrogens with two attached hydrogens (primary N) is 1. The van der Waals surface area contributed by atoms with Crippen molar-refractivity contribution in [1.29, 1.82) is 0 Å². The predicted octanol–water partition coefficient (Wildman–Crippen LogP) is 1.81. The number of carbonyl (C=O) groups excluding carboxylic acids is 1. The molecule has 1 aromatic carbocycles. The SMILES string of the molecule is CC(Oc1ccc(F)cc1Cl)C(=O)N1CCC(N)C1. The highest BCUT2D eigenvalue weighted by Crippen LogP contribution is 2.26. The summed E-state index contributed by atoms with van der Waals surface area (Å²) in [6.07, 6.45) is 0.128. The van der Waals surface area contributed by atoms with E-state index in [1.54, 1.807) is 11.8 Å². The van der Waals surface area contributed by atoms with E-state index < -0.39 is 11.9 Å². The smallest absolute Gasteiger partial charge is 0.263 e. The van der Waals surface area contributed by atoms with Gasteiger partial charge in [-0.25, -0.2) is 4.39 Å². The van der Waals surface area contributed by atoms with Gasteiger partial charge in [0.1, 0.15) is 11.6 Å². The second-order valence-corrected chi connectivity index (χ2v) is 5.08. The Bertz CT molecular complexity index is 484. The Hall–Kier alpha value is -1.33. The summed E-state index contributed by atoms with van der Waals surface area (Å²) in [5.41, 5.74) is 5.76. The van der Waals surface area contributed by atoms with E-state index in [0.29, 0.717) is 18.8 Å². The molecule has 1 aromatic rings. The average Bonchev–Trinajstić information content (AvgIpc) is 2.78. The maximum Gasteiger partial charge on any atom is 0.263 e. The summed E-state index contributed by atoms with van der Waals surface area (Å²) in [4.78, 5) is 13.8. The first-order valence-electron chi connectivity index (χ1n) is 6.13. The lowest BCUT2D eigenvalue weighted by molar-refractivity contribution is -0.136. The Balaban J connectivity index is 2.00. The highest BCUT2D eigenvalue weighted by atomic mass is 35.5. The molecule has 2 rings (SSSR count). The van der Waals surface area contributed by atoms with Crippen molar-refractivity contribution < 1.29 is 13.9 Å². The molecule has 104 valence electrons. The molecule has 1 aliphatic heterocycles. The van der Waals surface area contributed by atoms with Crippen molar-refractivity contribution in [2.24, 2.45) is 5.73 Å². The Kier molecular flexibility index (Phi) is 4.27. The number of carbonyl (C=O) groups is 1. The molecule has 0 aliphatic carbocycles. The minimum absolute atomic E-state index is 0.0329. The number of hydrogen-bond donors (Lipinski definition) is 1. The molecule has 1 heterocycles. The van der Waals surface area contributed by atoms with Crippen molar-refractivity contribution in [2.75, 3.05) is 13.1 Å². The molecule has 0 aromatic heterocycles. The third-order valence-corrected chi connectivity index (χ3v) is 3.38. The van der Waals surface area contributed by atoms with E-state index in [4.69, 9.17) is 22.1 Å². The van der Waals surface area contributed by atoms with E-state index in [0.717, 1.165) is 12.5 Å². The third kappa shape index (κ3) is 3.36.